The van der Waals surface area contributed by atoms with E-state index in [0.717, 1.165) is 25.2 Å². The van der Waals surface area contributed by atoms with Crippen molar-refractivity contribution in [2.75, 3.05) is 26.4 Å². The minimum Gasteiger partial charge on any atom is -0.399 e. The predicted octanol–water partition coefficient (Wildman–Crippen LogP) is 3.33. The number of fused-ring (bicyclic) bond motifs is 3. The Bertz CT molecular complexity index is 740. The molecule has 0 amide bonds. The zero-order valence-electron chi connectivity index (χ0n) is 12.1. The van der Waals surface area contributed by atoms with Crippen molar-refractivity contribution >= 4 is 27.5 Å². The van der Waals surface area contributed by atoms with Crippen molar-refractivity contribution in [3.8, 4) is 0 Å². The number of para-hydroxylation sites is 1. The van der Waals surface area contributed by atoms with Gasteiger partial charge in [0.05, 0.1) is 0 Å². The van der Waals surface area contributed by atoms with Crippen molar-refractivity contribution in [2.24, 2.45) is 0 Å². The molecular weight excluding hydrogens is 246 g/mol. The highest BCUT2D eigenvalue weighted by molar-refractivity contribution is 6.08. The van der Waals surface area contributed by atoms with Gasteiger partial charge in [-0.25, -0.2) is 0 Å². The Morgan fingerprint density at radius 1 is 1.00 bits per heavy atom. The highest BCUT2D eigenvalue weighted by atomic mass is 15.1. The van der Waals surface area contributed by atoms with Crippen LogP contribution >= 0.6 is 0 Å². The maximum absolute atomic E-state index is 5.95. The normalized spacial score (nSPS) is 11.8. The van der Waals surface area contributed by atoms with Gasteiger partial charge in [0.25, 0.3) is 0 Å². The first-order valence-electron chi connectivity index (χ1n) is 7.08. The predicted molar refractivity (Wildman–Crippen MR) is 87.0 cm³/mol. The van der Waals surface area contributed by atoms with E-state index in [9.17, 15) is 0 Å². The molecule has 1 aromatic heterocycles. The molecule has 0 aliphatic rings. The van der Waals surface area contributed by atoms with E-state index in [2.05, 4.69) is 60.0 Å². The second-order valence-electron chi connectivity index (χ2n) is 5.60. The minimum atomic E-state index is 0.827. The van der Waals surface area contributed by atoms with E-state index in [1.807, 2.05) is 6.07 Å². The van der Waals surface area contributed by atoms with Crippen LogP contribution in [-0.2, 0) is 6.54 Å². The lowest BCUT2D eigenvalue weighted by Gasteiger charge is -2.11. The van der Waals surface area contributed by atoms with Crippen molar-refractivity contribution in [3.05, 3.63) is 42.5 Å². The quantitative estimate of drug-likeness (QED) is 0.736. The third-order valence-corrected chi connectivity index (χ3v) is 3.78. The van der Waals surface area contributed by atoms with Crippen LogP contribution in [0.4, 0.5) is 5.69 Å². The van der Waals surface area contributed by atoms with Gasteiger partial charge in [-0.2, -0.15) is 0 Å². The summed E-state index contributed by atoms with van der Waals surface area (Å²) in [7, 11) is 4.24. The van der Waals surface area contributed by atoms with Gasteiger partial charge in [-0.05, 0) is 51.3 Å². The second kappa shape index (κ2) is 5.17. The van der Waals surface area contributed by atoms with Crippen molar-refractivity contribution in [2.45, 2.75) is 13.0 Å². The highest BCUT2D eigenvalue weighted by Gasteiger charge is 2.09. The Kier molecular flexibility index (Phi) is 3.36. The van der Waals surface area contributed by atoms with Gasteiger partial charge in [0.2, 0.25) is 0 Å². The first kappa shape index (κ1) is 13.0. The lowest BCUT2D eigenvalue weighted by Crippen LogP contribution is -2.15. The van der Waals surface area contributed by atoms with Gasteiger partial charge in [-0.15, -0.1) is 0 Å². The van der Waals surface area contributed by atoms with Crippen LogP contribution < -0.4 is 5.73 Å². The fourth-order valence-corrected chi connectivity index (χ4v) is 2.86. The van der Waals surface area contributed by atoms with Crippen molar-refractivity contribution in [1.29, 1.82) is 0 Å². The van der Waals surface area contributed by atoms with Crippen LogP contribution in [0, 0.1) is 0 Å². The summed E-state index contributed by atoms with van der Waals surface area (Å²) in [5, 5.41) is 2.55. The molecule has 3 heteroatoms. The molecule has 0 spiro atoms. The van der Waals surface area contributed by atoms with E-state index in [-0.39, 0.29) is 0 Å². The van der Waals surface area contributed by atoms with Crippen LogP contribution in [0.3, 0.4) is 0 Å². The lowest BCUT2D eigenvalue weighted by atomic mass is 10.1. The molecule has 2 N–H and O–H groups in total. The van der Waals surface area contributed by atoms with Gasteiger partial charge in [-0.3, -0.25) is 0 Å². The Balaban J connectivity index is 2.12. The zero-order chi connectivity index (χ0) is 14.1. The number of anilines is 1. The fraction of sp³-hybridized carbons (Fsp3) is 0.294. The smallest absolute Gasteiger partial charge is 0.0492 e. The number of benzene rings is 2. The molecule has 3 nitrogen and oxygen atoms in total. The summed E-state index contributed by atoms with van der Waals surface area (Å²) in [4.78, 5) is 2.23. The molecule has 0 atom stereocenters. The SMILES string of the molecule is CN(C)CCCn1c2ccccc2c2cc(N)ccc21. The zero-order valence-corrected chi connectivity index (χ0v) is 12.1. The summed E-state index contributed by atoms with van der Waals surface area (Å²) >= 11 is 0. The maximum atomic E-state index is 5.95. The molecule has 1 heterocycles. The average molecular weight is 267 g/mol. The van der Waals surface area contributed by atoms with E-state index in [4.69, 9.17) is 5.73 Å². The largest absolute Gasteiger partial charge is 0.399 e. The summed E-state index contributed by atoms with van der Waals surface area (Å²) < 4.78 is 2.41. The first-order chi connectivity index (χ1) is 9.66. The number of nitrogens with zero attached hydrogens (tertiary/aromatic N) is 2. The summed E-state index contributed by atoms with van der Waals surface area (Å²) in [6.45, 7) is 2.13. The Hall–Kier alpha value is -2.00. The molecule has 0 saturated heterocycles. The third-order valence-electron chi connectivity index (χ3n) is 3.78. The fourth-order valence-electron chi connectivity index (χ4n) is 2.86. The number of rotatable bonds is 4. The van der Waals surface area contributed by atoms with Gasteiger partial charge in [0, 0.05) is 34.0 Å². The molecule has 0 saturated carbocycles. The monoisotopic (exact) mass is 267 g/mol. The first-order valence-corrected chi connectivity index (χ1v) is 7.08. The molecule has 20 heavy (non-hydrogen) atoms. The van der Waals surface area contributed by atoms with E-state index in [1.165, 1.54) is 21.8 Å². The molecule has 3 rings (SSSR count). The summed E-state index contributed by atoms with van der Waals surface area (Å²) in [6, 6.07) is 14.8. The van der Waals surface area contributed by atoms with E-state index >= 15 is 0 Å². The topological polar surface area (TPSA) is 34.2 Å². The number of hydrogen-bond donors (Lipinski definition) is 1. The molecular formula is C17H21N3. The Morgan fingerprint density at radius 3 is 2.55 bits per heavy atom. The van der Waals surface area contributed by atoms with Gasteiger partial charge in [0.15, 0.2) is 0 Å². The van der Waals surface area contributed by atoms with Crippen molar-refractivity contribution < 1.29 is 0 Å². The number of aromatic nitrogens is 1. The van der Waals surface area contributed by atoms with Crippen LogP contribution in [0.1, 0.15) is 6.42 Å². The van der Waals surface area contributed by atoms with Crippen LogP contribution in [0.15, 0.2) is 42.5 Å². The van der Waals surface area contributed by atoms with Crippen LogP contribution in [0.25, 0.3) is 21.8 Å². The molecule has 0 aliphatic carbocycles. The van der Waals surface area contributed by atoms with Gasteiger partial charge in [0.1, 0.15) is 0 Å². The van der Waals surface area contributed by atoms with Crippen LogP contribution in [-0.4, -0.2) is 30.1 Å². The molecule has 0 radical (unpaired) electrons. The minimum absolute atomic E-state index is 0.827. The number of nitrogens with two attached hydrogens (primary N) is 1. The third kappa shape index (κ3) is 2.25. The van der Waals surface area contributed by atoms with Gasteiger partial charge in [-0.1, -0.05) is 18.2 Å². The van der Waals surface area contributed by atoms with Gasteiger partial charge >= 0.3 is 0 Å². The van der Waals surface area contributed by atoms with Crippen molar-refractivity contribution in [1.82, 2.24) is 9.47 Å². The Labute approximate surface area is 119 Å². The Morgan fingerprint density at radius 2 is 1.75 bits per heavy atom. The van der Waals surface area contributed by atoms with E-state index < -0.39 is 0 Å². The molecule has 104 valence electrons. The molecule has 2 aromatic carbocycles. The number of hydrogen-bond acceptors (Lipinski definition) is 2. The highest BCUT2D eigenvalue weighted by Crippen LogP contribution is 2.30. The van der Waals surface area contributed by atoms with Crippen LogP contribution in [0.5, 0.6) is 0 Å². The second-order valence-corrected chi connectivity index (χ2v) is 5.60. The standard InChI is InChI=1S/C17H21N3/c1-19(2)10-5-11-20-16-7-4-3-6-14(16)15-12-13(18)8-9-17(15)20/h3-4,6-9,12H,5,10-11,18H2,1-2H3. The lowest BCUT2D eigenvalue weighted by molar-refractivity contribution is 0.389. The molecule has 3 aromatic rings. The summed E-state index contributed by atoms with van der Waals surface area (Å²) in [5.41, 5.74) is 9.35. The van der Waals surface area contributed by atoms with E-state index in [1.54, 1.807) is 0 Å². The maximum Gasteiger partial charge on any atom is 0.0492 e. The van der Waals surface area contributed by atoms with Crippen LogP contribution in [0.2, 0.25) is 0 Å². The van der Waals surface area contributed by atoms with Gasteiger partial charge < -0.3 is 15.2 Å². The number of nitrogen functional groups attached to an aromatic ring is 1. The molecule has 0 bridgehead atoms. The average Bonchev–Trinajstić information content (AvgIpc) is 2.73. The van der Waals surface area contributed by atoms with Crippen molar-refractivity contribution in [3.63, 3.8) is 0 Å². The number of aryl methyl sites for hydroxylation is 1. The molecule has 0 aliphatic heterocycles. The molecule has 0 unspecified atom stereocenters. The summed E-state index contributed by atoms with van der Waals surface area (Å²) in [6.07, 6.45) is 1.14. The van der Waals surface area contributed by atoms with E-state index in [0.29, 0.717) is 0 Å². The summed E-state index contributed by atoms with van der Waals surface area (Å²) in [5.74, 6) is 0. The molecule has 0 fully saturated rings.